The Balaban J connectivity index is 1.91. The van der Waals surface area contributed by atoms with Crippen LogP contribution in [0.25, 0.3) is 22.0 Å². The van der Waals surface area contributed by atoms with Crippen molar-refractivity contribution in [1.82, 2.24) is 14.5 Å². The highest BCUT2D eigenvalue weighted by Gasteiger charge is 2.43. The maximum atomic E-state index is 15.4. The van der Waals surface area contributed by atoms with Gasteiger partial charge in [-0.15, -0.1) is 11.8 Å². The number of carbonyl (C=O) groups is 1. The van der Waals surface area contributed by atoms with Crippen LogP contribution in [0.15, 0.2) is 40.5 Å². The highest BCUT2D eigenvalue weighted by atomic mass is 35.5. The summed E-state index contributed by atoms with van der Waals surface area (Å²) in [6, 6.07) is 0.802. The van der Waals surface area contributed by atoms with Crippen molar-refractivity contribution in [2.75, 3.05) is 38.7 Å². The summed E-state index contributed by atoms with van der Waals surface area (Å²) in [6.45, 7) is 6.76. The molecule has 0 aliphatic carbocycles. The van der Waals surface area contributed by atoms with Gasteiger partial charge in [0.25, 0.3) is 0 Å². The van der Waals surface area contributed by atoms with Crippen molar-refractivity contribution in [2.24, 2.45) is 0 Å². The zero-order valence-corrected chi connectivity index (χ0v) is 25.1. The van der Waals surface area contributed by atoms with Crippen molar-refractivity contribution >= 4 is 46.0 Å². The van der Waals surface area contributed by atoms with Crippen LogP contribution in [-0.2, 0) is 20.4 Å². The van der Waals surface area contributed by atoms with E-state index < -0.39 is 75.8 Å². The molecule has 3 aromatic rings. The van der Waals surface area contributed by atoms with E-state index in [1.54, 1.807) is 23.6 Å². The molecule has 2 aromatic carbocycles. The number of nitrogens with zero attached hydrogens (tertiary/aromatic N) is 4. The Kier molecular flexibility index (Phi) is 7.68. The first-order valence-electron chi connectivity index (χ1n) is 14.8. The number of halogens is 6. The molecule has 0 saturated carbocycles. The third-order valence-electron chi connectivity index (χ3n) is 7.67. The number of amides is 1. The minimum absolute atomic E-state index is 0.0603. The molecule has 4 atom stereocenters. The molecule has 44 heavy (non-hydrogen) atoms. The van der Waals surface area contributed by atoms with Gasteiger partial charge in [0.15, 0.2) is 6.23 Å². The second-order valence-electron chi connectivity index (χ2n) is 10.5. The van der Waals surface area contributed by atoms with Gasteiger partial charge in [-0.25, -0.2) is 13.6 Å². The maximum Gasteiger partial charge on any atom is 0.417 e. The van der Waals surface area contributed by atoms with Crippen LogP contribution in [0.2, 0.25) is 5.02 Å². The van der Waals surface area contributed by atoms with Crippen molar-refractivity contribution in [2.45, 2.75) is 48.5 Å². The first-order chi connectivity index (χ1) is 21.9. The van der Waals surface area contributed by atoms with Crippen molar-refractivity contribution in [3.63, 3.8) is 0 Å². The number of thioether (sulfide) groups is 1. The summed E-state index contributed by atoms with van der Waals surface area (Å²) in [5, 5.41) is -2.01. The van der Waals surface area contributed by atoms with Gasteiger partial charge in [0.2, 0.25) is 5.91 Å². The highest BCUT2D eigenvalue weighted by molar-refractivity contribution is 8.00. The van der Waals surface area contributed by atoms with E-state index in [2.05, 4.69) is 11.6 Å². The SMILES string of the molecule is [2H]C([2H])([2H])O[C@H]1C(COC)Sc2c(-c3cc(Cl)c(F)cc3F)c(C(F)(F)F)cc3c(N4C[C@@H](C)N(C(=O)C=C)[C@@H](C)C4)nc(=O)n1c23. The van der Waals surface area contributed by atoms with Crippen LogP contribution < -0.4 is 10.6 Å². The topological polar surface area (TPSA) is 76.9 Å². The Morgan fingerprint density at radius 1 is 1.23 bits per heavy atom. The number of alkyl halides is 3. The number of ether oxygens (including phenoxy) is 2. The Labute approximate surface area is 262 Å². The number of hydrogen-bond acceptors (Lipinski definition) is 7. The zero-order valence-electron chi connectivity index (χ0n) is 26.5. The number of piperazine rings is 1. The van der Waals surface area contributed by atoms with E-state index in [0.29, 0.717) is 23.9 Å². The Bertz CT molecular complexity index is 1810. The summed E-state index contributed by atoms with van der Waals surface area (Å²) < 4.78 is 109. The summed E-state index contributed by atoms with van der Waals surface area (Å²) >= 11 is 6.61. The van der Waals surface area contributed by atoms with E-state index in [1.165, 1.54) is 7.11 Å². The van der Waals surface area contributed by atoms with Gasteiger partial charge in [-0.1, -0.05) is 18.2 Å². The van der Waals surface area contributed by atoms with E-state index in [0.717, 1.165) is 16.7 Å². The summed E-state index contributed by atoms with van der Waals surface area (Å²) in [5.41, 5.74) is -4.04. The molecular formula is C29H28ClF5N4O4S. The molecule has 1 saturated heterocycles. The van der Waals surface area contributed by atoms with E-state index in [9.17, 15) is 27.2 Å². The molecule has 8 nitrogen and oxygen atoms in total. The average Bonchev–Trinajstić information content (AvgIpc) is 2.95. The fourth-order valence-corrected chi connectivity index (χ4v) is 7.60. The number of anilines is 1. The molecule has 0 spiro atoms. The maximum absolute atomic E-state index is 15.4. The fourth-order valence-electron chi connectivity index (χ4n) is 5.98. The lowest BCUT2D eigenvalue weighted by atomic mass is 9.95. The van der Waals surface area contributed by atoms with Gasteiger partial charge in [-0.05, 0) is 32.1 Å². The normalized spacial score (nSPS) is 23.3. The predicted octanol–water partition coefficient (Wildman–Crippen LogP) is 5.89. The first-order valence-corrected chi connectivity index (χ1v) is 14.5. The summed E-state index contributed by atoms with van der Waals surface area (Å²) in [5.74, 6) is -3.08. The number of benzene rings is 2. The van der Waals surface area contributed by atoms with Crippen LogP contribution in [-0.4, -0.2) is 71.5 Å². The number of aromatic nitrogens is 2. The average molecular weight is 662 g/mol. The molecule has 1 amide bonds. The third kappa shape index (κ3) is 5.35. The standard InChI is InChI=1S/C29H28ClF5N4O4S/c1-6-22(40)38-13(2)10-37(11-14(38)3)26-16-7-17(29(33,34)35)23(15-8-18(30)20(32)9-19(15)31)25-24(16)39(28(41)36-26)27(43-5)21(44-25)12-42-4/h6-9,13-14,21,27H,1,10-12H2,2-5H3/t13-,14+,21?,27-/m0/s1/i5D3. The summed E-state index contributed by atoms with van der Waals surface area (Å²) in [4.78, 5) is 33.4. The largest absolute Gasteiger partial charge is 0.417 e. The zero-order chi connectivity index (χ0) is 34.7. The van der Waals surface area contributed by atoms with Crippen molar-refractivity contribution in [1.29, 1.82) is 0 Å². The van der Waals surface area contributed by atoms with E-state index in [1.807, 2.05) is 0 Å². The Hall–Kier alpha value is -3.20. The lowest BCUT2D eigenvalue weighted by molar-refractivity contribution is -0.137. The van der Waals surface area contributed by atoms with Crippen LogP contribution in [0.3, 0.4) is 0 Å². The molecule has 1 aromatic heterocycles. The van der Waals surface area contributed by atoms with Crippen molar-refractivity contribution in [3.8, 4) is 11.1 Å². The number of methoxy groups -OCH3 is 2. The molecule has 2 aliphatic heterocycles. The molecule has 1 unspecified atom stereocenters. The van der Waals surface area contributed by atoms with E-state index in [-0.39, 0.29) is 47.2 Å². The minimum Gasteiger partial charge on any atom is -0.383 e. The monoisotopic (exact) mass is 661 g/mol. The number of carbonyl (C=O) groups excluding carboxylic acids is 1. The quantitative estimate of drug-likeness (QED) is 0.185. The van der Waals surface area contributed by atoms with Crippen molar-refractivity contribution in [3.05, 3.63) is 63.6 Å². The van der Waals surface area contributed by atoms with Gasteiger partial charge in [0.05, 0.1) is 32.1 Å². The molecule has 236 valence electrons. The second-order valence-corrected chi connectivity index (χ2v) is 12.2. The van der Waals surface area contributed by atoms with Gasteiger partial charge in [0.1, 0.15) is 17.5 Å². The molecule has 0 N–H and O–H groups in total. The third-order valence-corrected chi connectivity index (χ3v) is 9.26. The van der Waals surface area contributed by atoms with Gasteiger partial charge < -0.3 is 19.3 Å². The molecule has 1 fully saturated rings. The van der Waals surface area contributed by atoms with Gasteiger partial charge in [0, 0.05) is 66.8 Å². The van der Waals surface area contributed by atoms with Gasteiger partial charge >= 0.3 is 11.9 Å². The molecule has 5 rings (SSSR count). The van der Waals surface area contributed by atoms with E-state index >= 15 is 4.39 Å². The van der Waals surface area contributed by atoms with Gasteiger partial charge in [-0.2, -0.15) is 18.2 Å². The summed E-state index contributed by atoms with van der Waals surface area (Å²) in [6.07, 6.45) is -5.58. The van der Waals surface area contributed by atoms with Crippen LogP contribution >= 0.6 is 23.4 Å². The second kappa shape index (κ2) is 12.0. The fraction of sp³-hybridized carbons (Fsp3) is 0.414. The van der Waals surface area contributed by atoms with Crippen LogP contribution in [0.5, 0.6) is 0 Å². The Morgan fingerprint density at radius 2 is 1.91 bits per heavy atom. The van der Waals surface area contributed by atoms with Crippen LogP contribution in [0.4, 0.5) is 27.8 Å². The lowest BCUT2D eigenvalue weighted by Crippen LogP contribution is -2.58. The molecule has 0 radical (unpaired) electrons. The highest BCUT2D eigenvalue weighted by Crippen LogP contribution is 2.52. The molecule has 3 heterocycles. The first kappa shape index (κ1) is 28.3. The smallest absolute Gasteiger partial charge is 0.383 e. The lowest BCUT2D eigenvalue weighted by Gasteiger charge is -2.45. The molecule has 15 heteroatoms. The van der Waals surface area contributed by atoms with E-state index in [4.69, 9.17) is 25.2 Å². The molecular weight excluding hydrogens is 631 g/mol. The molecule has 2 aliphatic rings. The number of hydrogen-bond donors (Lipinski definition) is 0. The van der Waals surface area contributed by atoms with Gasteiger partial charge in [-0.3, -0.25) is 9.36 Å². The predicted molar refractivity (Wildman–Crippen MR) is 157 cm³/mol. The molecule has 0 bridgehead atoms. The summed E-state index contributed by atoms with van der Waals surface area (Å²) in [7, 11) is -1.81. The number of rotatable bonds is 6. The minimum atomic E-state index is -5.12. The Morgan fingerprint density at radius 3 is 2.50 bits per heavy atom. The van der Waals surface area contributed by atoms with Crippen molar-refractivity contribution < 1.29 is 40.3 Å². The van der Waals surface area contributed by atoms with Crippen LogP contribution in [0.1, 0.15) is 29.8 Å². The van der Waals surface area contributed by atoms with Crippen LogP contribution in [0, 0.1) is 11.6 Å².